The second-order valence-electron chi connectivity index (χ2n) is 18.0. The van der Waals surface area contributed by atoms with E-state index in [0.29, 0.717) is 12.8 Å². The molecule has 6 nitrogen and oxygen atoms in total. The number of hydrogen-bond donors (Lipinski definition) is 0. The van der Waals surface area contributed by atoms with Gasteiger partial charge in [0, 0.05) is 19.3 Å². The van der Waals surface area contributed by atoms with Crippen molar-refractivity contribution in [3.63, 3.8) is 0 Å². The molecular weight excluding hydrogens is 913 g/mol. The van der Waals surface area contributed by atoms with Crippen LogP contribution in [0.1, 0.15) is 194 Å². The van der Waals surface area contributed by atoms with Crippen LogP contribution >= 0.6 is 0 Å². The Kier molecular flexibility index (Phi) is 55.2. The Morgan fingerprint density at radius 2 is 0.595 bits per heavy atom. The topological polar surface area (TPSA) is 78.9 Å². The minimum Gasteiger partial charge on any atom is -0.462 e. The van der Waals surface area contributed by atoms with Crippen LogP contribution in [0.15, 0.2) is 194 Å². The van der Waals surface area contributed by atoms with Crippen molar-refractivity contribution in [1.82, 2.24) is 0 Å². The van der Waals surface area contributed by atoms with E-state index in [1.807, 2.05) is 109 Å². The molecule has 0 N–H and O–H groups in total. The molecule has 6 heteroatoms. The maximum Gasteiger partial charge on any atom is 0.306 e. The van der Waals surface area contributed by atoms with Gasteiger partial charge < -0.3 is 14.2 Å². The molecule has 0 spiro atoms. The lowest BCUT2D eigenvalue weighted by Crippen LogP contribution is -2.30. The van der Waals surface area contributed by atoms with Crippen molar-refractivity contribution in [3.05, 3.63) is 194 Å². The fourth-order valence-electron chi connectivity index (χ4n) is 6.92. The summed E-state index contributed by atoms with van der Waals surface area (Å²) in [5, 5.41) is 0. The van der Waals surface area contributed by atoms with Gasteiger partial charge in [-0.05, 0) is 96.3 Å². The summed E-state index contributed by atoms with van der Waals surface area (Å²) in [6.07, 6.45) is 91.1. The van der Waals surface area contributed by atoms with Gasteiger partial charge in [0.15, 0.2) is 6.10 Å². The summed E-state index contributed by atoms with van der Waals surface area (Å²) in [6, 6.07) is 0. The molecule has 0 aliphatic heterocycles. The molecule has 0 radical (unpaired) electrons. The van der Waals surface area contributed by atoms with Crippen LogP contribution in [0, 0.1) is 0 Å². The standard InChI is InChI=1S/C68H100O6/c1-4-7-10-13-16-19-22-25-28-31-34-37-40-43-46-49-52-55-58-61-67(70)73-64-65(63-72-66(69)60-57-54-51-48-45-42-39-36-33-30-27-24-21-18-15-12-9-6-3)74-68(71)62-59-56-53-50-47-44-41-38-35-32-29-26-23-20-17-14-11-8-5-2/h7-8,10-13,15-22,24-31,33-40,43,46,65H,4-6,9,14,23,32,41-42,44-45,47-64H2,1-3H3/b10-7-,11-8-,15-12-,16-13-,20-17-,21-18-,22-19-,27-24-,28-25-,29-26-,33-30-,34-31+,38-35-,39-36-,40-37-,46-43-. The zero-order chi connectivity index (χ0) is 53.6. The number of hydrogen-bond acceptors (Lipinski definition) is 6. The highest BCUT2D eigenvalue weighted by Gasteiger charge is 2.19. The van der Waals surface area contributed by atoms with E-state index in [1.54, 1.807) is 0 Å². The van der Waals surface area contributed by atoms with E-state index < -0.39 is 6.10 Å². The molecule has 0 aliphatic rings. The monoisotopic (exact) mass is 1010 g/mol. The first-order valence-corrected chi connectivity index (χ1v) is 28.6. The third-order valence-corrected chi connectivity index (χ3v) is 11.1. The lowest BCUT2D eigenvalue weighted by molar-refractivity contribution is -0.167. The molecule has 0 fully saturated rings. The Labute approximate surface area is 452 Å². The zero-order valence-electron chi connectivity index (χ0n) is 46.5. The summed E-state index contributed by atoms with van der Waals surface area (Å²) < 4.78 is 16.8. The van der Waals surface area contributed by atoms with Crippen LogP contribution in [-0.4, -0.2) is 37.2 Å². The molecule has 0 saturated carbocycles. The first kappa shape index (κ1) is 68.2. The predicted octanol–water partition coefficient (Wildman–Crippen LogP) is 19.5. The largest absolute Gasteiger partial charge is 0.462 e. The van der Waals surface area contributed by atoms with Gasteiger partial charge in [0.05, 0.1) is 0 Å². The fraction of sp³-hybridized carbons (Fsp3) is 0.485. The number of ether oxygens (including phenoxy) is 3. The first-order chi connectivity index (χ1) is 36.5. The fourth-order valence-corrected chi connectivity index (χ4v) is 6.92. The number of carbonyl (C=O) groups excluding carboxylic acids is 3. The molecule has 1 unspecified atom stereocenters. The number of carbonyl (C=O) groups is 3. The third-order valence-electron chi connectivity index (χ3n) is 11.1. The second-order valence-corrected chi connectivity index (χ2v) is 18.0. The van der Waals surface area contributed by atoms with Crippen molar-refractivity contribution in [2.75, 3.05) is 13.2 Å². The van der Waals surface area contributed by atoms with E-state index >= 15 is 0 Å². The molecule has 0 aromatic carbocycles. The van der Waals surface area contributed by atoms with E-state index in [0.717, 1.165) is 128 Å². The van der Waals surface area contributed by atoms with Crippen molar-refractivity contribution >= 4 is 17.9 Å². The number of unbranched alkanes of at least 4 members (excludes halogenated alkanes) is 15. The van der Waals surface area contributed by atoms with Crippen LogP contribution in [0.2, 0.25) is 0 Å². The molecule has 0 heterocycles. The normalized spacial score (nSPS) is 13.6. The summed E-state index contributed by atoms with van der Waals surface area (Å²) in [5.74, 6) is -1.02. The van der Waals surface area contributed by atoms with E-state index in [4.69, 9.17) is 14.2 Å². The quantitative estimate of drug-likeness (QED) is 0.0199. The minimum atomic E-state index is -0.830. The van der Waals surface area contributed by atoms with Gasteiger partial charge in [-0.15, -0.1) is 0 Å². The SMILES string of the molecule is CC\C=C/C=C\C=C/C=C\C=C\C=C/C=C\CCCCCC(=O)OCC(COC(=O)CCCCCCC\C=C/C=C\C=C/C=C\C=C/CCC)OC(=O)CCCCCCCC/C=C\C/C=C\C/C=C\C/C=C\CC. The summed E-state index contributed by atoms with van der Waals surface area (Å²) in [6.45, 7) is 6.19. The maximum atomic E-state index is 12.9. The van der Waals surface area contributed by atoms with Crippen LogP contribution in [0.4, 0.5) is 0 Å². The van der Waals surface area contributed by atoms with Gasteiger partial charge in [-0.2, -0.15) is 0 Å². The minimum absolute atomic E-state index is 0.124. The van der Waals surface area contributed by atoms with Gasteiger partial charge in [0.2, 0.25) is 0 Å². The van der Waals surface area contributed by atoms with Gasteiger partial charge in [0.25, 0.3) is 0 Å². The van der Waals surface area contributed by atoms with Gasteiger partial charge in [-0.25, -0.2) is 0 Å². The Morgan fingerprint density at radius 1 is 0.297 bits per heavy atom. The van der Waals surface area contributed by atoms with Crippen molar-refractivity contribution in [2.45, 2.75) is 200 Å². The first-order valence-electron chi connectivity index (χ1n) is 28.6. The Balaban J connectivity index is 4.63. The van der Waals surface area contributed by atoms with E-state index in [-0.39, 0.29) is 44.0 Å². The molecule has 0 saturated heterocycles. The summed E-state index contributed by atoms with van der Waals surface area (Å²) in [5.41, 5.74) is 0. The van der Waals surface area contributed by atoms with Gasteiger partial charge >= 0.3 is 17.9 Å². The van der Waals surface area contributed by atoms with Gasteiger partial charge in [-0.3, -0.25) is 14.4 Å². The molecule has 0 amide bonds. The van der Waals surface area contributed by atoms with Crippen molar-refractivity contribution in [1.29, 1.82) is 0 Å². The highest BCUT2D eigenvalue weighted by Crippen LogP contribution is 2.13. The maximum absolute atomic E-state index is 12.9. The smallest absolute Gasteiger partial charge is 0.306 e. The number of rotatable bonds is 48. The zero-order valence-corrected chi connectivity index (χ0v) is 46.5. The summed E-state index contributed by atoms with van der Waals surface area (Å²) in [7, 11) is 0. The molecule has 0 bridgehead atoms. The highest BCUT2D eigenvalue weighted by atomic mass is 16.6. The summed E-state index contributed by atoms with van der Waals surface area (Å²) >= 11 is 0. The number of allylic oxidation sites excluding steroid dienone is 32. The third kappa shape index (κ3) is 57.2. The molecule has 74 heavy (non-hydrogen) atoms. The molecule has 0 aromatic rings. The van der Waals surface area contributed by atoms with E-state index in [1.165, 1.54) is 19.3 Å². The average molecular weight is 1010 g/mol. The molecule has 0 rings (SSSR count). The average Bonchev–Trinajstić information content (AvgIpc) is 3.40. The lowest BCUT2D eigenvalue weighted by atomic mass is 10.1. The number of esters is 3. The molecular formula is C68H100O6. The van der Waals surface area contributed by atoms with Crippen LogP contribution in [0.5, 0.6) is 0 Å². The van der Waals surface area contributed by atoms with Crippen molar-refractivity contribution in [3.8, 4) is 0 Å². The lowest BCUT2D eigenvalue weighted by Gasteiger charge is -2.18. The Morgan fingerprint density at radius 3 is 1.00 bits per heavy atom. The Hall–Kier alpha value is -5.75. The molecule has 1 atom stereocenters. The summed E-state index contributed by atoms with van der Waals surface area (Å²) in [4.78, 5) is 38.2. The van der Waals surface area contributed by atoms with Crippen LogP contribution < -0.4 is 0 Å². The van der Waals surface area contributed by atoms with Gasteiger partial charge in [-0.1, -0.05) is 273 Å². The van der Waals surface area contributed by atoms with E-state index in [2.05, 4.69) is 106 Å². The Bertz CT molecular complexity index is 1830. The van der Waals surface area contributed by atoms with Crippen LogP contribution in [-0.2, 0) is 28.6 Å². The molecule has 0 aliphatic carbocycles. The van der Waals surface area contributed by atoms with Gasteiger partial charge in [0.1, 0.15) is 13.2 Å². The van der Waals surface area contributed by atoms with E-state index in [9.17, 15) is 14.4 Å². The molecule has 0 aromatic heterocycles. The van der Waals surface area contributed by atoms with Crippen LogP contribution in [0.25, 0.3) is 0 Å². The highest BCUT2D eigenvalue weighted by molar-refractivity contribution is 5.71. The van der Waals surface area contributed by atoms with Crippen LogP contribution in [0.3, 0.4) is 0 Å². The molecule has 408 valence electrons. The van der Waals surface area contributed by atoms with Crippen molar-refractivity contribution < 1.29 is 28.6 Å². The van der Waals surface area contributed by atoms with Crippen molar-refractivity contribution in [2.24, 2.45) is 0 Å². The predicted molar refractivity (Wildman–Crippen MR) is 320 cm³/mol. The second kappa shape index (κ2) is 59.8.